The smallest absolute Gasteiger partial charge is 0.229 e. The van der Waals surface area contributed by atoms with Gasteiger partial charge in [-0.25, -0.2) is 4.98 Å². The van der Waals surface area contributed by atoms with Gasteiger partial charge in [0.15, 0.2) is 0 Å². The third-order valence-electron chi connectivity index (χ3n) is 4.13. The molecule has 0 saturated carbocycles. The molecule has 1 heterocycles. The molecule has 0 fully saturated rings. The van der Waals surface area contributed by atoms with Crippen LogP contribution in [-0.2, 0) is 0 Å². The fraction of sp³-hybridized carbons (Fsp3) is 0.182. The number of allylic oxidation sites excluding steroid dienone is 1. The Morgan fingerprint density at radius 1 is 0.885 bits per heavy atom. The quantitative estimate of drug-likeness (QED) is 0.603. The van der Waals surface area contributed by atoms with Crippen LogP contribution in [0, 0.1) is 20.8 Å². The maximum atomic E-state index is 4.58. The zero-order valence-electron chi connectivity index (χ0n) is 15.7. The number of hydrogen-bond donors (Lipinski definition) is 2. The average Bonchev–Trinajstić information content (AvgIpc) is 2.61. The molecule has 0 bridgehead atoms. The Bertz CT molecular complexity index is 904. The van der Waals surface area contributed by atoms with E-state index < -0.39 is 0 Å². The summed E-state index contributed by atoms with van der Waals surface area (Å²) in [5.41, 5.74) is 6.85. The highest BCUT2D eigenvalue weighted by Gasteiger charge is 2.07. The molecule has 0 aliphatic rings. The highest BCUT2D eigenvalue weighted by Crippen LogP contribution is 2.26. The predicted molar refractivity (Wildman–Crippen MR) is 110 cm³/mol. The van der Waals surface area contributed by atoms with Gasteiger partial charge in [0, 0.05) is 17.6 Å². The molecule has 0 radical (unpaired) electrons. The summed E-state index contributed by atoms with van der Waals surface area (Å²) in [4.78, 5) is 8.89. The maximum absolute atomic E-state index is 4.58. The molecule has 3 aromatic rings. The van der Waals surface area contributed by atoms with Crippen LogP contribution in [0.3, 0.4) is 0 Å². The highest BCUT2D eigenvalue weighted by molar-refractivity contribution is 5.69. The van der Waals surface area contributed by atoms with Crippen LogP contribution in [-0.4, -0.2) is 9.97 Å². The first-order chi connectivity index (χ1) is 12.5. The lowest BCUT2D eigenvalue weighted by Crippen LogP contribution is -2.02. The Morgan fingerprint density at radius 2 is 1.58 bits per heavy atom. The lowest BCUT2D eigenvalue weighted by Gasteiger charge is -2.14. The molecule has 132 valence electrons. The van der Waals surface area contributed by atoms with Crippen molar-refractivity contribution < 1.29 is 0 Å². The third-order valence-corrected chi connectivity index (χ3v) is 4.13. The summed E-state index contributed by atoms with van der Waals surface area (Å²) in [5, 5.41) is 6.67. The topological polar surface area (TPSA) is 49.8 Å². The first-order valence-electron chi connectivity index (χ1n) is 8.73. The molecule has 4 nitrogen and oxygen atoms in total. The molecule has 0 aliphatic carbocycles. The van der Waals surface area contributed by atoms with Gasteiger partial charge in [-0.15, -0.1) is 0 Å². The van der Waals surface area contributed by atoms with Gasteiger partial charge in [-0.1, -0.05) is 29.8 Å². The molecule has 1 aromatic heterocycles. The van der Waals surface area contributed by atoms with E-state index in [1.807, 2.05) is 25.1 Å². The number of nitrogens with one attached hydrogen (secondary N) is 2. The zero-order valence-corrected chi connectivity index (χ0v) is 15.7. The van der Waals surface area contributed by atoms with Crippen molar-refractivity contribution in [2.75, 3.05) is 10.6 Å². The minimum Gasteiger partial charge on any atom is -0.340 e. The van der Waals surface area contributed by atoms with Crippen molar-refractivity contribution in [3.63, 3.8) is 0 Å². The summed E-state index contributed by atoms with van der Waals surface area (Å²) in [6, 6.07) is 14.4. The maximum Gasteiger partial charge on any atom is 0.229 e. The summed E-state index contributed by atoms with van der Waals surface area (Å²) in [6.45, 7) is 8.31. The molecule has 3 rings (SSSR count). The second kappa shape index (κ2) is 7.83. The lowest BCUT2D eigenvalue weighted by molar-refractivity contribution is 1.16. The first-order valence-corrected chi connectivity index (χ1v) is 8.73. The number of hydrogen-bond acceptors (Lipinski definition) is 4. The second-order valence-electron chi connectivity index (χ2n) is 6.41. The molecule has 0 atom stereocenters. The monoisotopic (exact) mass is 344 g/mol. The van der Waals surface area contributed by atoms with Crippen LogP contribution in [0.1, 0.15) is 29.2 Å². The number of anilines is 4. The third kappa shape index (κ3) is 4.28. The Kier molecular flexibility index (Phi) is 5.32. The zero-order chi connectivity index (χ0) is 18.5. The highest BCUT2D eigenvalue weighted by atomic mass is 15.1. The van der Waals surface area contributed by atoms with Crippen molar-refractivity contribution in [3.05, 3.63) is 77.0 Å². The van der Waals surface area contributed by atoms with Crippen LogP contribution >= 0.6 is 0 Å². The molecule has 0 saturated heterocycles. The van der Waals surface area contributed by atoms with Gasteiger partial charge in [0.05, 0.1) is 0 Å². The van der Waals surface area contributed by atoms with Gasteiger partial charge in [-0.3, -0.25) is 0 Å². The summed E-state index contributed by atoms with van der Waals surface area (Å²) in [5.74, 6) is 1.33. The first kappa shape index (κ1) is 17.7. The van der Waals surface area contributed by atoms with E-state index >= 15 is 0 Å². The van der Waals surface area contributed by atoms with E-state index in [0.717, 1.165) is 17.2 Å². The van der Waals surface area contributed by atoms with E-state index in [4.69, 9.17) is 0 Å². The van der Waals surface area contributed by atoms with Gasteiger partial charge in [-0.2, -0.15) is 4.98 Å². The number of aromatic nitrogens is 2. The van der Waals surface area contributed by atoms with E-state index in [9.17, 15) is 0 Å². The predicted octanol–water partition coefficient (Wildman–Crippen LogP) is 5.92. The van der Waals surface area contributed by atoms with Crippen molar-refractivity contribution in [2.45, 2.75) is 27.7 Å². The largest absolute Gasteiger partial charge is 0.340 e. The molecule has 4 heteroatoms. The molecule has 26 heavy (non-hydrogen) atoms. The molecule has 0 spiro atoms. The van der Waals surface area contributed by atoms with E-state index in [1.165, 1.54) is 22.3 Å². The standard InChI is InChI=1S/C22H24N4/c1-5-6-18-13-16(3)21(17(4)14-18)25-20-11-12-23-22(26-20)24-19-9-7-15(2)8-10-19/h5-14H,1-4H3,(H2,23,24,25,26)/b6-5+. The second-order valence-corrected chi connectivity index (χ2v) is 6.41. The number of aryl methyl sites for hydroxylation is 3. The number of benzene rings is 2. The normalized spacial score (nSPS) is 10.9. The van der Waals surface area contributed by atoms with Crippen LogP contribution in [0.25, 0.3) is 6.08 Å². The molecule has 0 aliphatic heterocycles. The van der Waals surface area contributed by atoms with Gasteiger partial charge in [0.1, 0.15) is 5.82 Å². The molecular weight excluding hydrogens is 320 g/mol. The Morgan fingerprint density at radius 3 is 2.23 bits per heavy atom. The van der Waals surface area contributed by atoms with Crippen molar-refractivity contribution >= 4 is 29.2 Å². The van der Waals surface area contributed by atoms with Crippen molar-refractivity contribution in [1.82, 2.24) is 9.97 Å². The van der Waals surface area contributed by atoms with E-state index in [1.54, 1.807) is 6.20 Å². The summed E-state index contributed by atoms with van der Waals surface area (Å²) < 4.78 is 0. The number of nitrogens with zero attached hydrogens (tertiary/aromatic N) is 2. The van der Waals surface area contributed by atoms with Crippen molar-refractivity contribution in [3.8, 4) is 0 Å². The summed E-state index contributed by atoms with van der Waals surface area (Å²) >= 11 is 0. The Labute approximate surface area is 155 Å². The van der Waals surface area contributed by atoms with Gasteiger partial charge >= 0.3 is 0 Å². The van der Waals surface area contributed by atoms with Crippen LogP contribution in [0.2, 0.25) is 0 Å². The van der Waals surface area contributed by atoms with Crippen LogP contribution < -0.4 is 10.6 Å². The minimum absolute atomic E-state index is 0.569. The minimum atomic E-state index is 0.569. The van der Waals surface area contributed by atoms with Crippen LogP contribution in [0.5, 0.6) is 0 Å². The van der Waals surface area contributed by atoms with Crippen LogP contribution in [0.4, 0.5) is 23.1 Å². The summed E-state index contributed by atoms with van der Waals surface area (Å²) in [7, 11) is 0. The molecule has 0 amide bonds. The average molecular weight is 344 g/mol. The van der Waals surface area contributed by atoms with Gasteiger partial charge in [0.25, 0.3) is 0 Å². The van der Waals surface area contributed by atoms with Crippen LogP contribution in [0.15, 0.2) is 54.7 Å². The van der Waals surface area contributed by atoms with E-state index in [-0.39, 0.29) is 0 Å². The van der Waals surface area contributed by atoms with Gasteiger partial charge < -0.3 is 10.6 Å². The molecular formula is C22H24N4. The SMILES string of the molecule is C/C=C/c1cc(C)c(Nc2ccnc(Nc3ccc(C)cc3)n2)c(C)c1. The molecule has 2 aromatic carbocycles. The fourth-order valence-corrected chi connectivity index (χ4v) is 2.87. The Hall–Kier alpha value is -3.14. The molecule has 2 N–H and O–H groups in total. The van der Waals surface area contributed by atoms with Crippen molar-refractivity contribution in [2.24, 2.45) is 0 Å². The fourth-order valence-electron chi connectivity index (χ4n) is 2.87. The number of rotatable bonds is 5. The summed E-state index contributed by atoms with van der Waals surface area (Å²) in [6.07, 6.45) is 5.91. The van der Waals surface area contributed by atoms with Crippen molar-refractivity contribution in [1.29, 1.82) is 0 Å². The molecule has 0 unspecified atom stereocenters. The van der Waals surface area contributed by atoms with E-state index in [2.05, 4.69) is 77.8 Å². The van der Waals surface area contributed by atoms with Gasteiger partial charge in [-0.05, 0) is 74.7 Å². The van der Waals surface area contributed by atoms with E-state index in [0.29, 0.717) is 5.95 Å². The Balaban J connectivity index is 1.82. The lowest BCUT2D eigenvalue weighted by atomic mass is 10.0. The van der Waals surface area contributed by atoms with Gasteiger partial charge in [0.2, 0.25) is 5.95 Å².